The lowest BCUT2D eigenvalue weighted by Crippen LogP contribution is -2.36. The van der Waals surface area contributed by atoms with Gasteiger partial charge in [0.2, 0.25) is 0 Å². The minimum absolute atomic E-state index is 0.0514. The third-order valence-electron chi connectivity index (χ3n) is 3.40. The van der Waals surface area contributed by atoms with Crippen molar-refractivity contribution in [2.24, 2.45) is 5.92 Å². The number of rotatable bonds is 4. The van der Waals surface area contributed by atoms with Crippen molar-refractivity contribution in [3.8, 4) is 0 Å². The maximum atomic E-state index is 12.0. The molecule has 0 fully saturated rings. The van der Waals surface area contributed by atoms with E-state index in [9.17, 15) is 4.79 Å². The Morgan fingerprint density at radius 2 is 2.06 bits per heavy atom. The molecule has 0 heterocycles. The summed E-state index contributed by atoms with van der Waals surface area (Å²) in [7, 11) is 0. The summed E-state index contributed by atoms with van der Waals surface area (Å²) in [5.41, 5.74) is 8.08. The molecule has 0 bridgehead atoms. The van der Waals surface area contributed by atoms with Crippen LogP contribution in [0.15, 0.2) is 18.2 Å². The van der Waals surface area contributed by atoms with Gasteiger partial charge in [-0.15, -0.1) is 0 Å². The number of carbonyl (C=O) groups excluding carboxylic acids is 1. The largest absolute Gasteiger partial charge is 0.398 e. The highest BCUT2D eigenvalue weighted by Crippen LogP contribution is 2.14. The molecule has 1 amide bonds. The van der Waals surface area contributed by atoms with Crippen molar-refractivity contribution in [1.29, 1.82) is 0 Å². The number of hydrogen-bond acceptors (Lipinski definition) is 2. The summed E-state index contributed by atoms with van der Waals surface area (Å²) < 4.78 is 0. The second-order valence-electron chi connectivity index (χ2n) is 4.72. The number of aryl methyl sites for hydroxylation is 1. The van der Waals surface area contributed by atoms with Crippen molar-refractivity contribution in [2.45, 2.75) is 40.2 Å². The Bertz CT molecular complexity index is 401. The predicted molar refractivity (Wildman–Crippen MR) is 72.0 cm³/mol. The molecule has 0 aliphatic carbocycles. The molecule has 0 aliphatic heterocycles. The Kier molecular flexibility index (Phi) is 4.55. The molecule has 0 saturated carbocycles. The molecule has 0 spiro atoms. The Balaban J connectivity index is 2.73. The third-order valence-corrected chi connectivity index (χ3v) is 3.40. The third kappa shape index (κ3) is 3.48. The smallest absolute Gasteiger partial charge is 0.251 e. The van der Waals surface area contributed by atoms with E-state index in [1.807, 2.05) is 26.0 Å². The van der Waals surface area contributed by atoms with Gasteiger partial charge in [0, 0.05) is 17.3 Å². The summed E-state index contributed by atoms with van der Waals surface area (Å²) in [6, 6.07) is 5.59. The molecule has 1 rings (SSSR count). The SMILES string of the molecule is CCC(C)C(C)NC(=O)c1ccc(C)c(N)c1. The first-order chi connectivity index (χ1) is 7.95. The summed E-state index contributed by atoms with van der Waals surface area (Å²) in [5, 5.41) is 3.00. The van der Waals surface area contributed by atoms with Gasteiger partial charge in [-0.2, -0.15) is 0 Å². The summed E-state index contributed by atoms with van der Waals surface area (Å²) in [5.74, 6) is 0.422. The zero-order valence-corrected chi connectivity index (χ0v) is 11.1. The molecule has 17 heavy (non-hydrogen) atoms. The standard InChI is InChI=1S/C14H22N2O/c1-5-9(2)11(4)16-14(17)12-7-6-10(3)13(15)8-12/h6-9,11H,5,15H2,1-4H3,(H,16,17). The Labute approximate surface area is 103 Å². The minimum Gasteiger partial charge on any atom is -0.398 e. The van der Waals surface area contributed by atoms with Gasteiger partial charge < -0.3 is 11.1 Å². The van der Waals surface area contributed by atoms with Crippen molar-refractivity contribution in [1.82, 2.24) is 5.32 Å². The Morgan fingerprint density at radius 1 is 1.41 bits per heavy atom. The van der Waals surface area contributed by atoms with Gasteiger partial charge in [0.15, 0.2) is 0 Å². The number of carbonyl (C=O) groups is 1. The van der Waals surface area contributed by atoms with Crippen molar-refractivity contribution in [2.75, 3.05) is 5.73 Å². The van der Waals surface area contributed by atoms with Gasteiger partial charge in [0.25, 0.3) is 5.91 Å². The van der Waals surface area contributed by atoms with Gasteiger partial charge in [0.05, 0.1) is 0 Å². The first-order valence-corrected chi connectivity index (χ1v) is 6.12. The molecule has 3 nitrogen and oxygen atoms in total. The molecule has 2 atom stereocenters. The average molecular weight is 234 g/mol. The highest BCUT2D eigenvalue weighted by Gasteiger charge is 2.14. The maximum absolute atomic E-state index is 12.0. The number of nitrogen functional groups attached to an aromatic ring is 1. The van der Waals surface area contributed by atoms with Crippen LogP contribution in [-0.4, -0.2) is 11.9 Å². The quantitative estimate of drug-likeness (QED) is 0.787. The van der Waals surface area contributed by atoms with Gasteiger partial charge in [-0.3, -0.25) is 4.79 Å². The van der Waals surface area contributed by atoms with Gasteiger partial charge in [-0.05, 0) is 37.5 Å². The second-order valence-corrected chi connectivity index (χ2v) is 4.72. The Hall–Kier alpha value is -1.51. The summed E-state index contributed by atoms with van der Waals surface area (Å²) >= 11 is 0. The molecule has 3 heteroatoms. The van der Waals surface area contributed by atoms with E-state index in [0.717, 1.165) is 12.0 Å². The van der Waals surface area contributed by atoms with Crippen LogP contribution in [0.1, 0.15) is 43.1 Å². The van der Waals surface area contributed by atoms with Crippen LogP contribution in [0, 0.1) is 12.8 Å². The highest BCUT2D eigenvalue weighted by atomic mass is 16.1. The lowest BCUT2D eigenvalue weighted by molar-refractivity contribution is 0.0928. The van der Waals surface area contributed by atoms with Crippen LogP contribution in [0.3, 0.4) is 0 Å². The molecule has 1 aromatic carbocycles. The average Bonchev–Trinajstić information content (AvgIpc) is 2.31. The zero-order chi connectivity index (χ0) is 13.0. The summed E-state index contributed by atoms with van der Waals surface area (Å²) in [6.45, 7) is 8.22. The number of benzene rings is 1. The van der Waals surface area contributed by atoms with Gasteiger partial charge in [0.1, 0.15) is 0 Å². The fourth-order valence-corrected chi connectivity index (χ4v) is 1.57. The fourth-order valence-electron chi connectivity index (χ4n) is 1.57. The van der Waals surface area contributed by atoms with Crippen molar-refractivity contribution in [3.63, 3.8) is 0 Å². The molecule has 0 aromatic heterocycles. The van der Waals surface area contributed by atoms with E-state index in [-0.39, 0.29) is 11.9 Å². The lowest BCUT2D eigenvalue weighted by atomic mass is 10.0. The number of hydrogen-bond donors (Lipinski definition) is 2. The fraction of sp³-hybridized carbons (Fsp3) is 0.500. The van der Waals surface area contributed by atoms with Crippen molar-refractivity contribution in [3.05, 3.63) is 29.3 Å². The van der Waals surface area contributed by atoms with Crippen molar-refractivity contribution < 1.29 is 4.79 Å². The van der Waals surface area contributed by atoms with E-state index in [4.69, 9.17) is 5.73 Å². The monoisotopic (exact) mass is 234 g/mol. The van der Waals surface area contributed by atoms with Crippen LogP contribution < -0.4 is 11.1 Å². The second kappa shape index (κ2) is 5.71. The van der Waals surface area contributed by atoms with Crippen LogP contribution in [0.5, 0.6) is 0 Å². The number of nitrogens with one attached hydrogen (secondary N) is 1. The van der Waals surface area contributed by atoms with Crippen molar-refractivity contribution >= 4 is 11.6 Å². The molecule has 3 N–H and O–H groups in total. The van der Waals surface area contributed by atoms with Crippen LogP contribution in [0.4, 0.5) is 5.69 Å². The first-order valence-electron chi connectivity index (χ1n) is 6.12. The minimum atomic E-state index is -0.0514. The molecule has 94 valence electrons. The van der Waals surface area contributed by atoms with Crippen LogP contribution in [-0.2, 0) is 0 Å². The van der Waals surface area contributed by atoms with E-state index in [2.05, 4.69) is 19.2 Å². The summed E-state index contributed by atoms with van der Waals surface area (Å²) in [4.78, 5) is 12.0. The molecule has 2 unspecified atom stereocenters. The van der Waals surface area contributed by atoms with E-state index in [0.29, 0.717) is 17.2 Å². The number of anilines is 1. The summed E-state index contributed by atoms with van der Waals surface area (Å²) in [6.07, 6.45) is 1.05. The van der Waals surface area contributed by atoms with E-state index < -0.39 is 0 Å². The predicted octanol–water partition coefficient (Wildman–Crippen LogP) is 2.74. The first kappa shape index (κ1) is 13.6. The molecule has 1 aromatic rings. The van der Waals surface area contributed by atoms with Crippen LogP contribution in [0.25, 0.3) is 0 Å². The lowest BCUT2D eigenvalue weighted by Gasteiger charge is -2.20. The zero-order valence-electron chi connectivity index (χ0n) is 11.1. The molecule has 0 radical (unpaired) electrons. The van der Waals surface area contributed by atoms with Gasteiger partial charge in [-0.1, -0.05) is 26.3 Å². The van der Waals surface area contributed by atoms with Gasteiger partial charge in [-0.25, -0.2) is 0 Å². The highest BCUT2D eigenvalue weighted by molar-refractivity contribution is 5.95. The molecule has 0 aliphatic rings. The van der Waals surface area contributed by atoms with E-state index >= 15 is 0 Å². The molecule has 0 saturated heterocycles. The molecular weight excluding hydrogens is 212 g/mol. The maximum Gasteiger partial charge on any atom is 0.251 e. The van der Waals surface area contributed by atoms with Crippen LogP contribution in [0.2, 0.25) is 0 Å². The topological polar surface area (TPSA) is 55.1 Å². The van der Waals surface area contributed by atoms with E-state index in [1.54, 1.807) is 6.07 Å². The Morgan fingerprint density at radius 3 is 2.59 bits per heavy atom. The van der Waals surface area contributed by atoms with Crippen LogP contribution >= 0.6 is 0 Å². The number of amides is 1. The van der Waals surface area contributed by atoms with Gasteiger partial charge >= 0.3 is 0 Å². The molecular formula is C14H22N2O. The normalized spacial score (nSPS) is 14.1. The van der Waals surface area contributed by atoms with E-state index in [1.165, 1.54) is 0 Å². The number of nitrogens with two attached hydrogens (primary N) is 1.